The summed E-state index contributed by atoms with van der Waals surface area (Å²) in [5.41, 5.74) is 0.876. The summed E-state index contributed by atoms with van der Waals surface area (Å²) in [4.78, 5) is 62.9. The molecule has 2 amide bonds. The zero-order chi connectivity index (χ0) is 29.1. The van der Waals surface area contributed by atoms with E-state index in [1.54, 1.807) is 44.2 Å². The zero-order valence-corrected chi connectivity index (χ0v) is 23.4. The lowest BCUT2D eigenvalue weighted by atomic mass is 10.0. The van der Waals surface area contributed by atoms with Gasteiger partial charge < -0.3 is 25.2 Å². The van der Waals surface area contributed by atoms with E-state index in [9.17, 15) is 29.1 Å². The predicted molar refractivity (Wildman–Crippen MR) is 146 cm³/mol. The molecule has 10 nitrogen and oxygen atoms in total. The fraction of sp³-hybridized carbons (Fsp3) is 0.393. The van der Waals surface area contributed by atoms with Crippen molar-refractivity contribution in [3.05, 3.63) is 53.6 Å². The lowest BCUT2D eigenvalue weighted by Gasteiger charge is -2.25. The molecule has 0 aliphatic carbocycles. The lowest BCUT2D eigenvalue weighted by molar-refractivity contribution is -0.141. The highest BCUT2D eigenvalue weighted by atomic mass is 32.2. The van der Waals surface area contributed by atoms with Crippen molar-refractivity contribution in [1.82, 2.24) is 10.6 Å². The first-order valence-corrected chi connectivity index (χ1v) is 13.5. The number of methoxy groups -OCH3 is 1. The number of hydrogen-bond acceptors (Lipinski definition) is 8. The van der Waals surface area contributed by atoms with E-state index < -0.39 is 48.7 Å². The zero-order valence-electron chi connectivity index (χ0n) is 22.6. The highest BCUT2D eigenvalue weighted by Gasteiger charge is 2.30. The van der Waals surface area contributed by atoms with Crippen LogP contribution in [0.1, 0.15) is 43.1 Å². The number of Topliss-reactive ketones (excluding diaryl/α,β-unsaturated/α-hetero) is 2. The number of ether oxygens (including phenoxy) is 2. The first-order chi connectivity index (χ1) is 18.5. The number of hydrogen-bond donors (Lipinski definition) is 3. The van der Waals surface area contributed by atoms with E-state index in [0.29, 0.717) is 22.6 Å². The average molecular weight is 559 g/mol. The molecule has 0 aliphatic heterocycles. The Labute approximate surface area is 231 Å². The van der Waals surface area contributed by atoms with Gasteiger partial charge in [0.05, 0.1) is 20.0 Å². The van der Waals surface area contributed by atoms with E-state index in [1.165, 1.54) is 25.8 Å². The van der Waals surface area contributed by atoms with Crippen molar-refractivity contribution in [2.24, 2.45) is 5.92 Å². The number of rotatable bonds is 15. The summed E-state index contributed by atoms with van der Waals surface area (Å²) in [5, 5.41) is 14.5. The molecule has 2 rings (SSSR count). The SMILES string of the molecule is COc1ccc(C(C)=O)cc1CC(=O)N[C@H](C(=O)NC(CC(=O)O)C(=O)COc1ccccc1SC)C(C)C. The molecular weight excluding hydrogens is 524 g/mol. The van der Waals surface area contributed by atoms with Crippen molar-refractivity contribution in [3.63, 3.8) is 0 Å². The van der Waals surface area contributed by atoms with Gasteiger partial charge in [-0.25, -0.2) is 0 Å². The van der Waals surface area contributed by atoms with Crippen LogP contribution < -0.4 is 20.1 Å². The van der Waals surface area contributed by atoms with Crippen molar-refractivity contribution in [1.29, 1.82) is 0 Å². The van der Waals surface area contributed by atoms with Gasteiger partial charge in [0.2, 0.25) is 11.8 Å². The molecule has 0 heterocycles. The number of para-hydroxylation sites is 1. The Morgan fingerprint density at radius 2 is 1.69 bits per heavy atom. The lowest BCUT2D eigenvalue weighted by Crippen LogP contribution is -2.54. The summed E-state index contributed by atoms with van der Waals surface area (Å²) >= 11 is 1.43. The van der Waals surface area contributed by atoms with Crippen molar-refractivity contribution in [2.75, 3.05) is 20.0 Å². The molecule has 0 bridgehead atoms. The smallest absolute Gasteiger partial charge is 0.305 e. The molecule has 39 heavy (non-hydrogen) atoms. The highest BCUT2D eigenvalue weighted by Crippen LogP contribution is 2.27. The third-order valence-corrected chi connectivity index (χ3v) is 6.60. The number of carboxylic acid groups (broad SMARTS) is 1. The summed E-state index contributed by atoms with van der Waals surface area (Å²) in [7, 11) is 1.44. The molecule has 1 unspecified atom stereocenters. The van der Waals surface area contributed by atoms with Gasteiger partial charge in [0.15, 0.2) is 11.6 Å². The number of benzene rings is 2. The van der Waals surface area contributed by atoms with Gasteiger partial charge in [0.25, 0.3) is 0 Å². The second kappa shape index (κ2) is 14.9. The Kier molecular flexibility index (Phi) is 12.0. The number of ketones is 2. The highest BCUT2D eigenvalue weighted by molar-refractivity contribution is 7.98. The number of aliphatic carboxylic acids is 1. The molecule has 210 valence electrons. The van der Waals surface area contributed by atoms with Gasteiger partial charge in [-0.1, -0.05) is 26.0 Å². The van der Waals surface area contributed by atoms with Crippen molar-refractivity contribution in [3.8, 4) is 11.5 Å². The van der Waals surface area contributed by atoms with Gasteiger partial charge in [-0.2, -0.15) is 0 Å². The molecule has 0 aliphatic rings. The standard InChI is InChI=1S/C28H34N2O8S/c1-16(2)27(30-25(33)13-19-12-18(17(3)31)10-11-22(19)37-4)28(36)29-20(14-26(34)35)21(32)15-38-23-8-6-7-9-24(23)39-5/h6-12,16,20,27H,13-15H2,1-5H3,(H,29,36)(H,30,33)(H,34,35)/t20?,27-/m0/s1. The molecule has 2 aromatic carbocycles. The summed E-state index contributed by atoms with van der Waals surface area (Å²) in [5.74, 6) is -2.79. The molecule has 0 saturated carbocycles. The van der Waals surface area contributed by atoms with Crippen LogP contribution in [0.4, 0.5) is 0 Å². The number of carbonyl (C=O) groups is 5. The van der Waals surface area contributed by atoms with Crippen LogP contribution in [-0.2, 0) is 25.6 Å². The Morgan fingerprint density at radius 1 is 1.00 bits per heavy atom. The topological polar surface area (TPSA) is 148 Å². The number of carboxylic acids is 1. The van der Waals surface area contributed by atoms with E-state index >= 15 is 0 Å². The fourth-order valence-electron chi connectivity index (χ4n) is 3.74. The van der Waals surface area contributed by atoms with Crippen LogP contribution in [-0.4, -0.2) is 66.5 Å². The number of amides is 2. The van der Waals surface area contributed by atoms with E-state index in [4.69, 9.17) is 9.47 Å². The van der Waals surface area contributed by atoms with Crippen LogP contribution in [0, 0.1) is 5.92 Å². The van der Waals surface area contributed by atoms with Crippen LogP contribution in [0.3, 0.4) is 0 Å². The summed E-state index contributed by atoms with van der Waals surface area (Å²) in [6.45, 7) is 4.38. The van der Waals surface area contributed by atoms with Crippen LogP contribution in [0.25, 0.3) is 0 Å². The molecule has 2 aromatic rings. The maximum absolute atomic E-state index is 13.1. The van der Waals surface area contributed by atoms with Crippen LogP contribution in [0.5, 0.6) is 11.5 Å². The molecule has 0 spiro atoms. The first kappa shape index (κ1) is 31.4. The van der Waals surface area contributed by atoms with E-state index in [0.717, 1.165) is 4.90 Å². The van der Waals surface area contributed by atoms with Crippen molar-refractivity contribution < 1.29 is 38.6 Å². The first-order valence-electron chi connectivity index (χ1n) is 12.2. The molecular formula is C28H34N2O8S. The average Bonchev–Trinajstić information content (AvgIpc) is 2.89. The van der Waals surface area contributed by atoms with Crippen LogP contribution in [0.2, 0.25) is 0 Å². The molecule has 0 radical (unpaired) electrons. The normalized spacial score (nSPS) is 12.3. The third kappa shape index (κ3) is 9.43. The summed E-state index contributed by atoms with van der Waals surface area (Å²) in [6, 6.07) is 9.41. The van der Waals surface area contributed by atoms with Crippen LogP contribution in [0.15, 0.2) is 47.4 Å². The monoisotopic (exact) mass is 558 g/mol. The maximum Gasteiger partial charge on any atom is 0.305 e. The van der Waals surface area contributed by atoms with Gasteiger partial charge in [-0.05, 0) is 49.4 Å². The van der Waals surface area contributed by atoms with Gasteiger partial charge in [0, 0.05) is 16.0 Å². The minimum atomic E-state index is -1.36. The number of nitrogens with one attached hydrogen (secondary N) is 2. The van der Waals surface area contributed by atoms with Gasteiger partial charge in [-0.3, -0.25) is 24.0 Å². The second-order valence-electron chi connectivity index (χ2n) is 9.11. The van der Waals surface area contributed by atoms with E-state index in [-0.39, 0.29) is 18.1 Å². The fourth-order valence-corrected chi connectivity index (χ4v) is 4.28. The molecule has 3 N–H and O–H groups in total. The third-order valence-electron chi connectivity index (χ3n) is 5.83. The quantitative estimate of drug-likeness (QED) is 0.222. The summed E-state index contributed by atoms with van der Waals surface area (Å²) < 4.78 is 10.9. The molecule has 2 atom stereocenters. The Hall–Kier alpha value is -3.86. The Balaban J connectivity index is 2.13. The molecule has 0 aromatic heterocycles. The van der Waals surface area contributed by atoms with Crippen LogP contribution >= 0.6 is 11.8 Å². The Morgan fingerprint density at radius 3 is 2.28 bits per heavy atom. The van der Waals surface area contributed by atoms with Crippen molar-refractivity contribution in [2.45, 2.75) is 50.6 Å². The number of carbonyl (C=O) groups excluding carboxylic acids is 4. The largest absolute Gasteiger partial charge is 0.496 e. The van der Waals surface area contributed by atoms with E-state index in [2.05, 4.69) is 10.6 Å². The number of thioether (sulfide) groups is 1. The molecule has 11 heteroatoms. The van der Waals surface area contributed by atoms with Crippen molar-refractivity contribution >= 4 is 41.1 Å². The Bertz CT molecular complexity index is 1210. The molecule has 0 saturated heterocycles. The van der Waals surface area contributed by atoms with Gasteiger partial charge in [0.1, 0.15) is 30.2 Å². The second-order valence-corrected chi connectivity index (χ2v) is 9.96. The maximum atomic E-state index is 13.1. The van der Waals surface area contributed by atoms with Gasteiger partial charge >= 0.3 is 5.97 Å². The minimum absolute atomic E-state index is 0.166. The molecule has 0 fully saturated rings. The predicted octanol–water partition coefficient (Wildman–Crippen LogP) is 2.91. The van der Waals surface area contributed by atoms with E-state index in [1.807, 2.05) is 18.4 Å². The summed E-state index contributed by atoms with van der Waals surface area (Å²) in [6.07, 6.45) is 1.04. The minimum Gasteiger partial charge on any atom is -0.496 e. The van der Waals surface area contributed by atoms with Gasteiger partial charge in [-0.15, -0.1) is 11.8 Å².